The Balaban J connectivity index is 1.86. The lowest BCUT2D eigenvalue weighted by Crippen LogP contribution is -2.39. The molecule has 0 amide bonds. The number of rotatable bonds is 5. The first kappa shape index (κ1) is 18.7. The highest BCUT2D eigenvalue weighted by atomic mass is 16.6. The second kappa shape index (κ2) is 8.16. The first-order valence-corrected chi connectivity index (χ1v) is 9.38. The normalized spacial score (nSPS) is 17.8. The predicted octanol–water partition coefficient (Wildman–Crippen LogP) is 2.60. The summed E-state index contributed by atoms with van der Waals surface area (Å²) in [6, 6.07) is 9.04. The first-order chi connectivity index (χ1) is 13.7. The van der Waals surface area contributed by atoms with Crippen molar-refractivity contribution in [2.24, 2.45) is 0 Å². The number of phenols is 1. The molecule has 1 saturated heterocycles. The lowest BCUT2D eigenvalue weighted by molar-refractivity contribution is 0.0230. The van der Waals surface area contributed by atoms with Crippen molar-refractivity contribution >= 4 is 0 Å². The minimum atomic E-state index is -0.246. The molecule has 0 bridgehead atoms. The Morgan fingerprint density at radius 1 is 0.929 bits per heavy atom. The van der Waals surface area contributed by atoms with Crippen molar-refractivity contribution in [2.45, 2.75) is 6.04 Å². The summed E-state index contributed by atoms with van der Waals surface area (Å²) in [6.45, 7) is 3.70. The van der Waals surface area contributed by atoms with Crippen LogP contribution in [0.15, 0.2) is 30.3 Å². The van der Waals surface area contributed by atoms with E-state index < -0.39 is 0 Å². The van der Waals surface area contributed by atoms with Crippen LogP contribution in [0.4, 0.5) is 0 Å². The summed E-state index contributed by atoms with van der Waals surface area (Å²) in [7, 11) is 3.24. The topological polar surface area (TPSA) is 69.6 Å². The van der Waals surface area contributed by atoms with Crippen molar-refractivity contribution in [1.82, 2.24) is 4.90 Å². The molecule has 2 aromatic carbocycles. The van der Waals surface area contributed by atoms with Gasteiger partial charge in [0, 0.05) is 30.3 Å². The highest BCUT2D eigenvalue weighted by molar-refractivity contribution is 5.57. The van der Waals surface area contributed by atoms with Gasteiger partial charge in [-0.1, -0.05) is 12.1 Å². The van der Waals surface area contributed by atoms with Crippen molar-refractivity contribution < 1.29 is 28.8 Å². The Hall–Kier alpha value is -2.64. The Labute approximate surface area is 164 Å². The SMILES string of the molecule is COc1cccc([C@H](c2cc3c(cc2O)OCCO3)N2CCOCC2)c1OC. The van der Waals surface area contributed by atoms with Crippen LogP contribution < -0.4 is 18.9 Å². The molecule has 1 N–H and O–H groups in total. The molecule has 28 heavy (non-hydrogen) atoms. The predicted molar refractivity (Wildman–Crippen MR) is 103 cm³/mol. The zero-order chi connectivity index (χ0) is 19.5. The highest BCUT2D eigenvalue weighted by Crippen LogP contribution is 2.46. The van der Waals surface area contributed by atoms with E-state index in [-0.39, 0.29) is 11.8 Å². The van der Waals surface area contributed by atoms with E-state index in [0.717, 1.165) is 24.2 Å². The third kappa shape index (κ3) is 3.43. The molecular formula is C21H25NO6. The number of nitrogens with zero attached hydrogens (tertiary/aromatic N) is 1. The molecule has 2 heterocycles. The van der Waals surface area contributed by atoms with E-state index in [4.69, 9.17) is 23.7 Å². The van der Waals surface area contributed by atoms with E-state index in [0.29, 0.717) is 49.4 Å². The maximum atomic E-state index is 10.9. The summed E-state index contributed by atoms with van der Waals surface area (Å²) < 4.78 is 28.1. The number of ether oxygens (including phenoxy) is 5. The Kier molecular flexibility index (Phi) is 5.45. The largest absolute Gasteiger partial charge is 0.507 e. The monoisotopic (exact) mass is 387 g/mol. The van der Waals surface area contributed by atoms with Crippen LogP contribution in [0.25, 0.3) is 0 Å². The second-order valence-electron chi connectivity index (χ2n) is 6.69. The van der Waals surface area contributed by atoms with Crippen LogP contribution in [0.5, 0.6) is 28.7 Å². The summed E-state index contributed by atoms with van der Waals surface area (Å²) in [5.74, 6) is 2.65. The van der Waals surface area contributed by atoms with E-state index in [1.54, 1.807) is 20.3 Å². The average molecular weight is 387 g/mol. The van der Waals surface area contributed by atoms with E-state index in [1.807, 2.05) is 24.3 Å². The van der Waals surface area contributed by atoms with Gasteiger partial charge in [-0.2, -0.15) is 0 Å². The number of hydrogen-bond acceptors (Lipinski definition) is 7. The van der Waals surface area contributed by atoms with Crippen molar-refractivity contribution in [1.29, 1.82) is 0 Å². The zero-order valence-electron chi connectivity index (χ0n) is 16.1. The molecule has 0 saturated carbocycles. The summed E-state index contributed by atoms with van der Waals surface area (Å²) in [6.07, 6.45) is 0. The average Bonchev–Trinajstić information content (AvgIpc) is 2.74. The lowest BCUT2D eigenvalue weighted by Gasteiger charge is -2.36. The van der Waals surface area contributed by atoms with Gasteiger partial charge in [-0.25, -0.2) is 0 Å². The lowest BCUT2D eigenvalue weighted by atomic mass is 9.94. The van der Waals surface area contributed by atoms with Gasteiger partial charge in [-0.15, -0.1) is 0 Å². The minimum Gasteiger partial charge on any atom is -0.507 e. The number of aromatic hydroxyl groups is 1. The number of phenolic OH excluding ortho intramolecular Hbond substituents is 1. The number of para-hydroxylation sites is 1. The molecule has 2 aliphatic rings. The molecular weight excluding hydrogens is 362 g/mol. The van der Waals surface area contributed by atoms with Crippen LogP contribution in [0.3, 0.4) is 0 Å². The third-order valence-corrected chi connectivity index (χ3v) is 5.12. The van der Waals surface area contributed by atoms with Gasteiger partial charge in [-0.05, 0) is 12.1 Å². The third-order valence-electron chi connectivity index (χ3n) is 5.12. The maximum absolute atomic E-state index is 10.9. The molecule has 0 radical (unpaired) electrons. The molecule has 0 spiro atoms. The van der Waals surface area contributed by atoms with Gasteiger partial charge in [0.15, 0.2) is 23.0 Å². The molecule has 7 heteroatoms. The second-order valence-corrected chi connectivity index (χ2v) is 6.69. The van der Waals surface area contributed by atoms with Gasteiger partial charge in [-0.3, -0.25) is 4.90 Å². The fraction of sp³-hybridized carbons (Fsp3) is 0.429. The summed E-state index contributed by atoms with van der Waals surface area (Å²) in [4.78, 5) is 2.27. The Morgan fingerprint density at radius 3 is 2.32 bits per heavy atom. The molecule has 0 aromatic heterocycles. The Bertz CT molecular complexity index is 834. The van der Waals surface area contributed by atoms with Gasteiger partial charge in [0.05, 0.1) is 33.5 Å². The molecule has 4 rings (SSSR count). The zero-order valence-corrected chi connectivity index (χ0v) is 16.1. The summed E-state index contributed by atoms with van der Waals surface area (Å²) >= 11 is 0. The number of hydrogen-bond donors (Lipinski definition) is 1. The molecule has 1 fully saturated rings. The molecule has 2 aromatic rings. The van der Waals surface area contributed by atoms with Gasteiger partial charge < -0.3 is 28.8 Å². The smallest absolute Gasteiger partial charge is 0.165 e. The number of morpholine rings is 1. The summed E-state index contributed by atoms with van der Waals surface area (Å²) in [5.41, 5.74) is 1.65. The van der Waals surface area contributed by atoms with Crippen LogP contribution in [0.2, 0.25) is 0 Å². The first-order valence-electron chi connectivity index (χ1n) is 9.38. The van der Waals surface area contributed by atoms with E-state index in [1.165, 1.54) is 0 Å². The van der Waals surface area contributed by atoms with Gasteiger partial charge in [0.25, 0.3) is 0 Å². The van der Waals surface area contributed by atoms with Crippen molar-refractivity contribution in [3.8, 4) is 28.7 Å². The molecule has 7 nitrogen and oxygen atoms in total. The number of benzene rings is 2. The van der Waals surface area contributed by atoms with Crippen molar-refractivity contribution in [3.63, 3.8) is 0 Å². The number of methoxy groups -OCH3 is 2. The van der Waals surface area contributed by atoms with E-state index in [9.17, 15) is 5.11 Å². The highest BCUT2D eigenvalue weighted by Gasteiger charge is 2.31. The minimum absolute atomic E-state index is 0.158. The number of fused-ring (bicyclic) bond motifs is 1. The summed E-state index contributed by atoms with van der Waals surface area (Å²) in [5, 5.41) is 10.9. The molecule has 0 unspecified atom stereocenters. The van der Waals surface area contributed by atoms with Crippen LogP contribution in [-0.2, 0) is 4.74 Å². The van der Waals surface area contributed by atoms with Gasteiger partial charge in [0.1, 0.15) is 19.0 Å². The van der Waals surface area contributed by atoms with Crippen LogP contribution in [0.1, 0.15) is 17.2 Å². The standard InChI is InChI=1S/C21H25NO6/c1-24-17-5-3-4-14(21(17)25-2)20(22-6-8-26-9-7-22)15-12-18-19(13-16(15)23)28-11-10-27-18/h3-5,12-13,20,23H,6-11H2,1-2H3/t20-/m1/s1. The van der Waals surface area contributed by atoms with Gasteiger partial charge >= 0.3 is 0 Å². The van der Waals surface area contributed by atoms with Crippen LogP contribution in [-0.4, -0.2) is 63.7 Å². The van der Waals surface area contributed by atoms with Crippen LogP contribution >= 0.6 is 0 Å². The van der Waals surface area contributed by atoms with Crippen LogP contribution in [0, 0.1) is 0 Å². The maximum Gasteiger partial charge on any atom is 0.165 e. The van der Waals surface area contributed by atoms with Gasteiger partial charge in [0.2, 0.25) is 0 Å². The fourth-order valence-electron chi connectivity index (χ4n) is 3.84. The molecule has 2 aliphatic heterocycles. The van der Waals surface area contributed by atoms with Crippen molar-refractivity contribution in [2.75, 3.05) is 53.7 Å². The fourth-order valence-corrected chi connectivity index (χ4v) is 3.84. The molecule has 150 valence electrons. The van der Waals surface area contributed by atoms with E-state index >= 15 is 0 Å². The molecule has 1 atom stereocenters. The quantitative estimate of drug-likeness (QED) is 0.846. The Morgan fingerprint density at radius 2 is 1.64 bits per heavy atom. The van der Waals surface area contributed by atoms with Crippen molar-refractivity contribution in [3.05, 3.63) is 41.5 Å². The van der Waals surface area contributed by atoms with E-state index in [2.05, 4.69) is 4.90 Å². The molecule has 0 aliphatic carbocycles.